The molecular formula is C16H20N2O2. The van der Waals surface area contributed by atoms with E-state index in [0.29, 0.717) is 17.4 Å². The quantitative estimate of drug-likeness (QED) is 0.907. The van der Waals surface area contributed by atoms with Crippen LogP contribution < -0.4 is 14.8 Å². The van der Waals surface area contributed by atoms with Crippen molar-refractivity contribution in [2.24, 2.45) is 0 Å². The van der Waals surface area contributed by atoms with E-state index in [1.807, 2.05) is 45.3 Å². The maximum absolute atomic E-state index is 5.86. The molecule has 4 nitrogen and oxygen atoms in total. The van der Waals surface area contributed by atoms with Gasteiger partial charge in [-0.05, 0) is 50.2 Å². The van der Waals surface area contributed by atoms with Crippen LogP contribution in [0.2, 0.25) is 0 Å². The number of hydrogen-bond acceptors (Lipinski definition) is 4. The van der Waals surface area contributed by atoms with E-state index >= 15 is 0 Å². The van der Waals surface area contributed by atoms with Crippen LogP contribution in [-0.4, -0.2) is 19.1 Å². The van der Waals surface area contributed by atoms with Crippen LogP contribution in [0.25, 0.3) is 0 Å². The van der Waals surface area contributed by atoms with E-state index in [-0.39, 0.29) is 0 Å². The Bertz CT molecular complexity index is 597. The third-order valence-electron chi connectivity index (χ3n) is 2.99. The molecule has 1 aromatic carbocycles. The van der Waals surface area contributed by atoms with Crippen molar-refractivity contribution in [3.05, 3.63) is 47.2 Å². The van der Waals surface area contributed by atoms with Gasteiger partial charge in [-0.25, -0.2) is 4.98 Å². The van der Waals surface area contributed by atoms with Crippen LogP contribution in [-0.2, 0) is 6.54 Å². The summed E-state index contributed by atoms with van der Waals surface area (Å²) in [4.78, 5) is 4.37. The van der Waals surface area contributed by atoms with E-state index in [1.54, 1.807) is 7.11 Å². The van der Waals surface area contributed by atoms with Gasteiger partial charge < -0.3 is 14.8 Å². The smallest absolute Gasteiger partial charge is 0.222 e. The van der Waals surface area contributed by atoms with Gasteiger partial charge in [0.25, 0.3) is 0 Å². The summed E-state index contributed by atoms with van der Waals surface area (Å²) in [5.74, 6) is 1.99. The Hall–Kier alpha value is -2.07. The number of benzene rings is 1. The van der Waals surface area contributed by atoms with Crippen molar-refractivity contribution < 1.29 is 9.47 Å². The minimum Gasteiger partial charge on any atom is -0.493 e. The number of aromatic nitrogens is 1. The number of aryl methyl sites for hydroxylation is 2. The summed E-state index contributed by atoms with van der Waals surface area (Å²) in [5, 5.41) is 3.10. The van der Waals surface area contributed by atoms with E-state index in [0.717, 1.165) is 23.2 Å². The molecule has 0 aliphatic rings. The zero-order valence-corrected chi connectivity index (χ0v) is 12.4. The molecule has 2 rings (SSSR count). The van der Waals surface area contributed by atoms with Crippen LogP contribution in [0.1, 0.15) is 16.7 Å². The van der Waals surface area contributed by atoms with Crippen molar-refractivity contribution in [2.45, 2.75) is 20.4 Å². The van der Waals surface area contributed by atoms with Gasteiger partial charge in [0.2, 0.25) is 5.88 Å². The van der Waals surface area contributed by atoms with Crippen molar-refractivity contribution in [2.75, 3.05) is 14.2 Å². The fourth-order valence-corrected chi connectivity index (χ4v) is 1.99. The molecule has 0 fully saturated rings. The molecule has 20 heavy (non-hydrogen) atoms. The second-order valence-corrected chi connectivity index (χ2v) is 4.75. The molecule has 106 valence electrons. The summed E-state index contributed by atoms with van der Waals surface area (Å²) in [7, 11) is 3.55. The summed E-state index contributed by atoms with van der Waals surface area (Å²) in [6.45, 7) is 4.80. The Balaban J connectivity index is 2.26. The van der Waals surface area contributed by atoms with E-state index < -0.39 is 0 Å². The Morgan fingerprint density at radius 1 is 1.15 bits per heavy atom. The molecular weight excluding hydrogens is 252 g/mol. The van der Waals surface area contributed by atoms with Gasteiger partial charge in [0.05, 0.1) is 7.11 Å². The van der Waals surface area contributed by atoms with Gasteiger partial charge in [-0.3, -0.25) is 0 Å². The number of rotatable bonds is 5. The monoisotopic (exact) mass is 272 g/mol. The molecule has 1 N–H and O–H groups in total. The molecule has 0 aliphatic heterocycles. The summed E-state index contributed by atoms with van der Waals surface area (Å²) < 4.78 is 11.2. The second-order valence-electron chi connectivity index (χ2n) is 4.75. The molecule has 0 saturated heterocycles. The van der Waals surface area contributed by atoms with Crippen LogP contribution in [0, 0.1) is 13.8 Å². The summed E-state index contributed by atoms with van der Waals surface area (Å²) in [6, 6.07) is 7.90. The van der Waals surface area contributed by atoms with Crippen LogP contribution in [0.3, 0.4) is 0 Å². The SMILES string of the molecule is CNCc1cnc(Oc2ccc(C)cc2OC)c(C)c1. The second kappa shape index (κ2) is 6.39. The number of pyridine rings is 1. The number of hydrogen-bond donors (Lipinski definition) is 1. The standard InChI is InChI=1S/C16H20N2O2/c1-11-5-6-14(15(7-11)19-4)20-16-12(2)8-13(9-17-3)10-18-16/h5-8,10,17H,9H2,1-4H3. The minimum absolute atomic E-state index is 0.604. The fourth-order valence-electron chi connectivity index (χ4n) is 1.99. The Morgan fingerprint density at radius 3 is 2.60 bits per heavy atom. The number of nitrogens with one attached hydrogen (secondary N) is 1. The molecule has 1 heterocycles. The fraction of sp³-hybridized carbons (Fsp3) is 0.312. The van der Waals surface area contributed by atoms with E-state index in [2.05, 4.69) is 16.4 Å². The minimum atomic E-state index is 0.604. The highest BCUT2D eigenvalue weighted by Gasteiger charge is 2.09. The molecule has 0 bridgehead atoms. The van der Waals surface area contributed by atoms with Gasteiger partial charge in [0.1, 0.15) is 0 Å². The zero-order chi connectivity index (χ0) is 14.5. The Morgan fingerprint density at radius 2 is 1.95 bits per heavy atom. The first-order valence-electron chi connectivity index (χ1n) is 6.56. The van der Waals surface area contributed by atoms with E-state index in [9.17, 15) is 0 Å². The zero-order valence-electron chi connectivity index (χ0n) is 12.4. The molecule has 1 aromatic heterocycles. The lowest BCUT2D eigenvalue weighted by molar-refractivity contribution is 0.372. The predicted octanol–water partition coefficient (Wildman–Crippen LogP) is 3.22. The highest BCUT2D eigenvalue weighted by atomic mass is 16.5. The molecule has 4 heteroatoms. The molecule has 2 aromatic rings. The Kier molecular flexibility index (Phi) is 4.58. The summed E-state index contributed by atoms with van der Waals surface area (Å²) in [6.07, 6.45) is 1.82. The largest absolute Gasteiger partial charge is 0.493 e. The molecule has 0 aliphatic carbocycles. The Labute approximate surface area is 119 Å². The van der Waals surface area contributed by atoms with Crippen LogP contribution in [0.4, 0.5) is 0 Å². The van der Waals surface area contributed by atoms with Crippen molar-refractivity contribution in [1.82, 2.24) is 10.3 Å². The number of nitrogens with zero attached hydrogens (tertiary/aromatic N) is 1. The topological polar surface area (TPSA) is 43.4 Å². The third kappa shape index (κ3) is 3.27. The van der Waals surface area contributed by atoms with Gasteiger partial charge in [0.15, 0.2) is 11.5 Å². The lowest BCUT2D eigenvalue weighted by Crippen LogP contribution is -2.06. The lowest BCUT2D eigenvalue weighted by Gasteiger charge is -2.12. The van der Waals surface area contributed by atoms with Gasteiger partial charge in [-0.15, -0.1) is 0 Å². The van der Waals surface area contributed by atoms with Gasteiger partial charge in [-0.2, -0.15) is 0 Å². The van der Waals surface area contributed by atoms with Crippen molar-refractivity contribution in [3.8, 4) is 17.4 Å². The van der Waals surface area contributed by atoms with Gasteiger partial charge >= 0.3 is 0 Å². The van der Waals surface area contributed by atoms with Crippen molar-refractivity contribution >= 4 is 0 Å². The normalized spacial score (nSPS) is 10.4. The van der Waals surface area contributed by atoms with Gasteiger partial charge in [0, 0.05) is 18.3 Å². The first kappa shape index (κ1) is 14.3. The molecule has 0 unspecified atom stereocenters. The molecule has 0 spiro atoms. The summed E-state index contributed by atoms with van der Waals surface area (Å²) in [5.41, 5.74) is 3.26. The average molecular weight is 272 g/mol. The van der Waals surface area contributed by atoms with Crippen molar-refractivity contribution in [3.63, 3.8) is 0 Å². The lowest BCUT2D eigenvalue weighted by atomic mass is 10.2. The molecule has 0 amide bonds. The molecule has 0 radical (unpaired) electrons. The predicted molar refractivity (Wildman–Crippen MR) is 79.5 cm³/mol. The number of ether oxygens (including phenoxy) is 2. The maximum atomic E-state index is 5.86. The van der Waals surface area contributed by atoms with Crippen LogP contribution in [0.5, 0.6) is 17.4 Å². The van der Waals surface area contributed by atoms with E-state index in [1.165, 1.54) is 0 Å². The van der Waals surface area contributed by atoms with Crippen LogP contribution in [0.15, 0.2) is 30.5 Å². The van der Waals surface area contributed by atoms with Crippen molar-refractivity contribution in [1.29, 1.82) is 0 Å². The maximum Gasteiger partial charge on any atom is 0.222 e. The first-order chi connectivity index (χ1) is 9.63. The van der Waals surface area contributed by atoms with E-state index in [4.69, 9.17) is 9.47 Å². The first-order valence-corrected chi connectivity index (χ1v) is 6.56. The molecule has 0 atom stereocenters. The molecule has 0 saturated carbocycles. The highest BCUT2D eigenvalue weighted by Crippen LogP contribution is 2.32. The average Bonchev–Trinajstić information content (AvgIpc) is 2.43. The number of methoxy groups -OCH3 is 1. The highest BCUT2D eigenvalue weighted by molar-refractivity contribution is 5.45. The third-order valence-corrected chi connectivity index (χ3v) is 2.99. The van der Waals surface area contributed by atoms with Gasteiger partial charge in [-0.1, -0.05) is 6.07 Å². The van der Waals surface area contributed by atoms with Crippen LogP contribution >= 0.6 is 0 Å². The summed E-state index contributed by atoms with van der Waals surface area (Å²) >= 11 is 0.